The van der Waals surface area contributed by atoms with E-state index in [4.69, 9.17) is 4.52 Å². The van der Waals surface area contributed by atoms with Crippen molar-refractivity contribution in [2.75, 3.05) is 13.1 Å². The first-order chi connectivity index (χ1) is 11.0. The summed E-state index contributed by atoms with van der Waals surface area (Å²) in [5.74, 6) is 1.69. The molecule has 0 radical (unpaired) electrons. The number of aromatic nitrogens is 1. The second kappa shape index (κ2) is 5.72. The molecule has 7 heteroatoms. The van der Waals surface area contributed by atoms with Crippen LogP contribution in [0.2, 0.25) is 0 Å². The van der Waals surface area contributed by atoms with Gasteiger partial charge in [0.2, 0.25) is 10.0 Å². The van der Waals surface area contributed by atoms with E-state index < -0.39 is 10.0 Å². The molecule has 2 aliphatic rings. The first-order valence-corrected chi connectivity index (χ1v) is 10.3. The molecule has 23 heavy (non-hydrogen) atoms. The Morgan fingerprint density at radius 1 is 1.30 bits per heavy atom. The summed E-state index contributed by atoms with van der Waals surface area (Å²) in [6, 6.07) is 3.49. The maximum atomic E-state index is 13.1. The third-order valence-corrected chi connectivity index (χ3v) is 8.14. The smallest absolute Gasteiger partial charge is 0.244 e. The van der Waals surface area contributed by atoms with Crippen LogP contribution in [-0.4, -0.2) is 31.0 Å². The van der Waals surface area contributed by atoms with Crippen molar-refractivity contribution in [3.05, 3.63) is 23.2 Å². The van der Waals surface area contributed by atoms with Crippen LogP contribution in [0.5, 0.6) is 0 Å². The van der Waals surface area contributed by atoms with Crippen LogP contribution in [-0.2, 0) is 10.0 Å². The molecular formula is C16H20N2O3S2. The van der Waals surface area contributed by atoms with Crippen molar-refractivity contribution in [1.29, 1.82) is 0 Å². The highest BCUT2D eigenvalue weighted by molar-refractivity contribution is 7.89. The van der Waals surface area contributed by atoms with Gasteiger partial charge in [-0.1, -0.05) is 11.6 Å². The normalized spacial score (nSPS) is 25.6. The topological polar surface area (TPSA) is 63.4 Å². The second-order valence-electron chi connectivity index (χ2n) is 6.63. The van der Waals surface area contributed by atoms with Crippen molar-refractivity contribution in [2.45, 2.75) is 37.5 Å². The van der Waals surface area contributed by atoms with Gasteiger partial charge in [0, 0.05) is 24.0 Å². The zero-order valence-corrected chi connectivity index (χ0v) is 14.7. The Hall–Kier alpha value is -1.18. The maximum Gasteiger partial charge on any atom is 0.244 e. The monoisotopic (exact) mass is 352 g/mol. The Kier molecular flexibility index (Phi) is 3.82. The van der Waals surface area contributed by atoms with Gasteiger partial charge in [0.15, 0.2) is 5.76 Å². The number of nitrogens with zero attached hydrogens (tertiary/aromatic N) is 2. The molecule has 2 bridgehead atoms. The zero-order chi connectivity index (χ0) is 16.0. The highest BCUT2D eigenvalue weighted by Crippen LogP contribution is 2.39. The van der Waals surface area contributed by atoms with Crippen LogP contribution in [0.15, 0.2) is 27.7 Å². The van der Waals surface area contributed by atoms with E-state index in [0.29, 0.717) is 35.6 Å². The summed E-state index contributed by atoms with van der Waals surface area (Å²) in [5.41, 5.74) is 0. The third kappa shape index (κ3) is 2.75. The van der Waals surface area contributed by atoms with Gasteiger partial charge in [-0.3, -0.25) is 0 Å². The van der Waals surface area contributed by atoms with E-state index in [1.165, 1.54) is 24.2 Å². The number of hydrogen-bond donors (Lipinski definition) is 0. The van der Waals surface area contributed by atoms with Crippen molar-refractivity contribution in [3.8, 4) is 10.6 Å². The van der Waals surface area contributed by atoms with Crippen molar-refractivity contribution in [3.63, 3.8) is 0 Å². The van der Waals surface area contributed by atoms with E-state index in [1.807, 2.05) is 6.92 Å². The Bertz CT molecular complexity index is 783. The Morgan fingerprint density at radius 3 is 2.70 bits per heavy atom. The Labute approximate surface area is 140 Å². The Morgan fingerprint density at radius 2 is 2.04 bits per heavy atom. The summed E-state index contributed by atoms with van der Waals surface area (Å²) >= 11 is 1.44. The van der Waals surface area contributed by atoms with Gasteiger partial charge in [-0.15, -0.1) is 11.3 Å². The molecule has 2 aromatic rings. The molecule has 0 spiro atoms. The Balaban J connectivity index is 1.66. The minimum Gasteiger partial charge on any atom is -0.355 e. The fourth-order valence-corrected chi connectivity index (χ4v) is 7.02. The average Bonchev–Trinajstić information content (AvgIpc) is 3.16. The molecule has 4 rings (SSSR count). The van der Waals surface area contributed by atoms with Crippen LogP contribution in [0.25, 0.3) is 10.6 Å². The molecule has 0 aromatic carbocycles. The number of hydrogen-bond acceptors (Lipinski definition) is 5. The molecule has 2 fully saturated rings. The average molecular weight is 352 g/mol. The summed E-state index contributed by atoms with van der Waals surface area (Å²) in [4.78, 5) is 2.05. The van der Waals surface area contributed by atoms with Crippen molar-refractivity contribution < 1.29 is 12.9 Å². The summed E-state index contributed by atoms with van der Waals surface area (Å²) in [7, 11) is -3.42. The van der Waals surface area contributed by atoms with Crippen LogP contribution in [0.1, 0.15) is 30.6 Å². The molecule has 2 atom stereocenters. The highest BCUT2D eigenvalue weighted by atomic mass is 32.2. The molecular weight excluding hydrogens is 332 g/mol. The summed E-state index contributed by atoms with van der Waals surface area (Å²) in [5, 5.41) is 3.70. The van der Waals surface area contributed by atoms with E-state index >= 15 is 0 Å². The minimum absolute atomic E-state index is 0.425. The maximum absolute atomic E-state index is 13.1. The number of thiophene rings is 1. The summed E-state index contributed by atoms with van der Waals surface area (Å²) in [6.45, 7) is 3.21. The van der Waals surface area contributed by atoms with Gasteiger partial charge in [0.05, 0.1) is 16.0 Å². The van der Waals surface area contributed by atoms with Gasteiger partial charge in [0.1, 0.15) is 0 Å². The standard InChI is InChI=1S/C16H20N2O3S2/c1-11-16(8-15(22-11)14-5-6-17-21-14)23(19,20)18-9-12-3-2-4-13(7-12)10-18/h5-6,8,12-13H,2-4,7,9-10H2,1H3. The highest BCUT2D eigenvalue weighted by Gasteiger charge is 2.37. The van der Waals surface area contributed by atoms with E-state index in [2.05, 4.69) is 5.16 Å². The van der Waals surface area contributed by atoms with Gasteiger partial charge in [-0.2, -0.15) is 4.31 Å². The number of rotatable bonds is 3. The first-order valence-electron chi connectivity index (χ1n) is 8.05. The number of aryl methyl sites for hydroxylation is 1. The molecule has 5 nitrogen and oxygen atoms in total. The number of fused-ring (bicyclic) bond motifs is 2. The lowest BCUT2D eigenvalue weighted by molar-refractivity contribution is 0.144. The predicted octanol–water partition coefficient (Wildman–Crippen LogP) is 3.52. The van der Waals surface area contributed by atoms with Gasteiger partial charge in [-0.25, -0.2) is 8.42 Å². The van der Waals surface area contributed by atoms with E-state index in [9.17, 15) is 8.42 Å². The molecule has 0 N–H and O–H groups in total. The minimum atomic E-state index is -3.42. The molecule has 124 valence electrons. The van der Waals surface area contributed by atoms with Crippen molar-refractivity contribution >= 4 is 21.4 Å². The molecule has 1 saturated heterocycles. The number of piperidine rings is 1. The van der Waals surface area contributed by atoms with Crippen LogP contribution < -0.4 is 0 Å². The second-order valence-corrected chi connectivity index (χ2v) is 9.79. The zero-order valence-electron chi connectivity index (χ0n) is 13.1. The van der Waals surface area contributed by atoms with E-state index in [1.54, 1.807) is 22.6 Å². The van der Waals surface area contributed by atoms with Gasteiger partial charge >= 0.3 is 0 Å². The molecule has 1 aliphatic heterocycles. The van der Waals surface area contributed by atoms with Gasteiger partial charge in [-0.05, 0) is 44.1 Å². The van der Waals surface area contributed by atoms with Gasteiger partial charge < -0.3 is 4.52 Å². The van der Waals surface area contributed by atoms with Crippen LogP contribution in [0.3, 0.4) is 0 Å². The first kappa shape index (κ1) is 15.4. The van der Waals surface area contributed by atoms with Crippen LogP contribution >= 0.6 is 11.3 Å². The van der Waals surface area contributed by atoms with E-state index in [-0.39, 0.29) is 0 Å². The van der Waals surface area contributed by atoms with Gasteiger partial charge in [0.25, 0.3) is 0 Å². The van der Waals surface area contributed by atoms with Crippen molar-refractivity contribution in [1.82, 2.24) is 9.46 Å². The van der Waals surface area contributed by atoms with Crippen molar-refractivity contribution in [2.24, 2.45) is 11.8 Å². The molecule has 2 aromatic heterocycles. The lowest BCUT2D eigenvalue weighted by atomic mass is 9.79. The summed E-state index contributed by atoms with van der Waals surface area (Å²) in [6.07, 6.45) is 6.33. The molecule has 1 saturated carbocycles. The fraction of sp³-hybridized carbons (Fsp3) is 0.562. The molecule has 2 unspecified atom stereocenters. The largest absolute Gasteiger partial charge is 0.355 e. The predicted molar refractivity (Wildman–Crippen MR) is 88.8 cm³/mol. The molecule has 1 aliphatic carbocycles. The SMILES string of the molecule is Cc1sc(-c2ccno2)cc1S(=O)(=O)N1CC2CCCC(C2)C1. The molecule has 3 heterocycles. The van der Waals surface area contributed by atoms with Crippen LogP contribution in [0.4, 0.5) is 0 Å². The fourth-order valence-electron chi connectivity index (χ4n) is 3.91. The number of sulfonamides is 1. The quantitative estimate of drug-likeness (QED) is 0.848. The lowest BCUT2D eigenvalue weighted by Crippen LogP contribution is -2.45. The lowest BCUT2D eigenvalue weighted by Gasteiger charge is -2.40. The van der Waals surface area contributed by atoms with Crippen LogP contribution in [0, 0.1) is 18.8 Å². The summed E-state index contributed by atoms with van der Waals surface area (Å²) < 4.78 is 33.1. The molecule has 0 amide bonds. The van der Waals surface area contributed by atoms with E-state index in [0.717, 1.165) is 22.6 Å². The third-order valence-electron chi connectivity index (χ3n) is 4.99.